The minimum atomic E-state index is -0.480. The highest BCUT2D eigenvalue weighted by molar-refractivity contribution is 7.17. The quantitative estimate of drug-likeness (QED) is 0.810. The molecule has 1 aliphatic rings. The van der Waals surface area contributed by atoms with Gasteiger partial charge in [0.25, 0.3) is 5.91 Å². The number of ether oxygens (including phenoxy) is 1. The second kappa shape index (κ2) is 7.16. The zero-order valence-electron chi connectivity index (χ0n) is 15.0. The van der Waals surface area contributed by atoms with Gasteiger partial charge in [0.15, 0.2) is 0 Å². The maximum Gasteiger partial charge on any atom is 0.341 e. The molecule has 0 bridgehead atoms. The highest BCUT2D eigenvalue weighted by Crippen LogP contribution is 2.38. The summed E-state index contributed by atoms with van der Waals surface area (Å²) >= 11 is 2.63. The first-order valence-electron chi connectivity index (χ1n) is 8.05. The highest BCUT2D eigenvalue weighted by atomic mass is 32.1. The van der Waals surface area contributed by atoms with Crippen LogP contribution in [0, 0.1) is 13.8 Å². The number of aromatic nitrogens is 1. The monoisotopic (exact) mass is 393 g/mol. The number of anilines is 1. The zero-order chi connectivity index (χ0) is 19.0. The molecule has 1 N–H and O–H groups in total. The number of methoxy groups -OCH3 is 1. The van der Waals surface area contributed by atoms with Crippen LogP contribution in [0.25, 0.3) is 0 Å². The van der Waals surface area contributed by atoms with Crippen molar-refractivity contribution in [2.24, 2.45) is 0 Å². The Morgan fingerprint density at radius 3 is 2.54 bits per heavy atom. The lowest BCUT2D eigenvalue weighted by atomic mass is 10.0. The van der Waals surface area contributed by atoms with E-state index >= 15 is 0 Å². The van der Waals surface area contributed by atoms with Gasteiger partial charge in [-0.25, -0.2) is 9.78 Å². The molecule has 0 aromatic carbocycles. The fraction of sp³-hybridized carbons (Fsp3) is 0.412. The van der Waals surface area contributed by atoms with Crippen LogP contribution in [0.3, 0.4) is 0 Å². The molecule has 9 heteroatoms. The third-order valence-electron chi connectivity index (χ3n) is 4.23. The van der Waals surface area contributed by atoms with Gasteiger partial charge < -0.3 is 15.0 Å². The van der Waals surface area contributed by atoms with E-state index in [1.807, 2.05) is 6.92 Å². The van der Waals surface area contributed by atoms with Crippen molar-refractivity contribution in [3.63, 3.8) is 0 Å². The van der Waals surface area contributed by atoms with E-state index in [2.05, 4.69) is 10.3 Å². The molecule has 0 spiro atoms. The Kier molecular flexibility index (Phi) is 5.10. The van der Waals surface area contributed by atoms with E-state index in [-0.39, 0.29) is 11.8 Å². The van der Waals surface area contributed by atoms with Crippen molar-refractivity contribution in [1.29, 1.82) is 0 Å². The summed E-state index contributed by atoms with van der Waals surface area (Å²) in [6.45, 7) is 6.13. The summed E-state index contributed by atoms with van der Waals surface area (Å²) in [6.07, 6.45) is 0.560. The Hall–Kier alpha value is -2.26. The van der Waals surface area contributed by atoms with Gasteiger partial charge in [0.05, 0.1) is 29.9 Å². The van der Waals surface area contributed by atoms with E-state index in [1.54, 1.807) is 11.8 Å². The maximum absolute atomic E-state index is 12.6. The molecule has 26 heavy (non-hydrogen) atoms. The summed E-state index contributed by atoms with van der Waals surface area (Å²) in [4.78, 5) is 44.0. The Balaban J connectivity index is 1.96. The molecule has 2 aromatic rings. The Morgan fingerprint density at radius 1 is 1.23 bits per heavy atom. The first kappa shape index (κ1) is 18.5. The number of thiazole rings is 1. The molecular formula is C17H19N3O4S2. The summed E-state index contributed by atoms with van der Waals surface area (Å²) in [5.74, 6) is -0.781. The number of thiophene rings is 1. The topological polar surface area (TPSA) is 88.6 Å². The van der Waals surface area contributed by atoms with Crippen molar-refractivity contribution in [2.75, 3.05) is 19.0 Å². The molecule has 2 amide bonds. The van der Waals surface area contributed by atoms with E-state index in [0.717, 1.165) is 15.4 Å². The predicted octanol–water partition coefficient (Wildman–Crippen LogP) is 2.76. The van der Waals surface area contributed by atoms with Crippen LogP contribution in [0.4, 0.5) is 5.00 Å². The van der Waals surface area contributed by atoms with Gasteiger partial charge >= 0.3 is 5.97 Å². The summed E-state index contributed by atoms with van der Waals surface area (Å²) in [5, 5.41) is 4.11. The average Bonchev–Trinajstić information content (AvgIpc) is 3.12. The summed E-state index contributed by atoms with van der Waals surface area (Å²) in [5.41, 5.74) is 1.91. The van der Waals surface area contributed by atoms with Gasteiger partial charge in [-0.15, -0.1) is 22.7 Å². The van der Waals surface area contributed by atoms with Gasteiger partial charge in [-0.05, 0) is 25.8 Å². The minimum absolute atomic E-state index is 0.00925. The number of carbonyl (C=O) groups is 3. The molecule has 1 aliphatic heterocycles. The molecule has 0 saturated carbocycles. The molecule has 0 unspecified atom stereocenters. The molecule has 0 fully saturated rings. The Labute approximate surface area is 159 Å². The molecule has 7 nitrogen and oxygen atoms in total. The van der Waals surface area contributed by atoms with Crippen molar-refractivity contribution in [1.82, 2.24) is 9.88 Å². The van der Waals surface area contributed by atoms with Gasteiger partial charge in [0, 0.05) is 18.3 Å². The zero-order valence-corrected chi connectivity index (χ0v) is 16.6. The molecule has 0 radical (unpaired) electrons. The average molecular weight is 393 g/mol. The predicted molar refractivity (Wildman–Crippen MR) is 100.0 cm³/mol. The molecular weight excluding hydrogens is 374 g/mol. The van der Waals surface area contributed by atoms with Crippen molar-refractivity contribution in [2.45, 2.75) is 33.7 Å². The molecule has 0 saturated heterocycles. The van der Waals surface area contributed by atoms with E-state index < -0.39 is 5.97 Å². The lowest BCUT2D eigenvalue weighted by Crippen LogP contribution is -2.33. The first-order chi connectivity index (χ1) is 12.3. The normalized spacial score (nSPS) is 13.3. The Bertz CT molecular complexity index is 900. The molecule has 0 aliphatic carbocycles. The molecule has 3 heterocycles. The molecule has 3 rings (SSSR count). The fourth-order valence-electron chi connectivity index (χ4n) is 2.98. The van der Waals surface area contributed by atoms with Gasteiger partial charge in [0.1, 0.15) is 9.88 Å². The molecule has 0 atom stereocenters. The van der Waals surface area contributed by atoms with Crippen LogP contribution in [0.5, 0.6) is 0 Å². The van der Waals surface area contributed by atoms with Crippen LogP contribution < -0.4 is 5.32 Å². The second-order valence-electron chi connectivity index (χ2n) is 5.99. The van der Waals surface area contributed by atoms with Crippen molar-refractivity contribution in [3.8, 4) is 0 Å². The molecule has 2 aromatic heterocycles. The van der Waals surface area contributed by atoms with E-state index in [1.165, 1.54) is 36.7 Å². The number of nitrogens with zero attached hydrogens (tertiary/aromatic N) is 2. The summed E-state index contributed by atoms with van der Waals surface area (Å²) in [6, 6.07) is 0. The minimum Gasteiger partial charge on any atom is -0.465 e. The summed E-state index contributed by atoms with van der Waals surface area (Å²) in [7, 11) is 1.32. The lowest BCUT2D eigenvalue weighted by molar-refractivity contribution is -0.129. The maximum atomic E-state index is 12.6. The molecule has 138 valence electrons. The second-order valence-corrected chi connectivity index (χ2v) is 8.30. The summed E-state index contributed by atoms with van der Waals surface area (Å²) < 4.78 is 4.92. The fourth-order valence-corrected chi connectivity index (χ4v) is 5.04. The first-order valence-corrected chi connectivity index (χ1v) is 9.68. The number of hydrogen-bond donors (Lipinski definition) is 1. The van der Waals surface area contributed by atoms with Crippen LogP contribution in [-0.4, -0.2) is 41.3 Å². The number of rotatable bonds is 3. The van der Waals surface area contributed by atoms with Gasteiger partial charge in [-0.1, -0.05) is 0 Å². The number of amides is 2. The highest BCUT2D eigenvalue weighted by Gasteiger charge is 2.30. The number of aryl methyl sites for hydroxylation is 2. The van der Waals surface area contributed by atoms with Crippen LogP contribution in [0.15, 0.2) is 0 Å². The van der Waals surface area contributed by atoms with E-state index in [9.17, 15) is 14.4 Å². The standard InChI is InChI=1S/C17H19N3O4S2/c1-8-14(25-9(2)18-8)15(22)19-16-13(17(23)24-4)11-5-6-20(10(3)21)7-12(11)26-16/h5-7H2,1-4H3,(H,19,22). The van der Waals surface area contributed by atoms with Gasteiger partial charge in [0.2, 0.25) is 5.91 Å². The lowest BCUT2D eigenvalue weighted by Gasteiger charge is -2.25. The smallest absolute Gasteiger partial charge is 0.341 e. The van der Waals surface area contributed by atoms with E-state index in [0.29, 0.717) is 40.6 Å². The number of fused-ring (bicyclic) bond motifs is 1. The number of esters is 1. The van der Waals surface area contributed by atoms with Gasteiger partial charge in [-0.3, -0.25) is 9.59 Å². The third-order valence-corrected chi connectivity index (χ3v) is 6.43. The van der Waals surface area contributed by atoms with Crippen molar-refractivity contribution in [3.05, 3.63) is 31.6 Å². The van der Waals surface area contributed by atoms with Crippen LogP contribution in [-0.2, 0) is 22.5 Å². The van der Waals surface area contributed by atoms with Crippen molar-refractivity contribution >= 4 is 45.5 Å². The van der Waals surface area contributed by atoms with Crippen LogP contribution in [0.1, 0.15) is 48.1 Å². The number of carbonyl (C=O) groups excluding carboxylic acids is 3. The number of nitrogens with one attached hydrogen (secondary N) is 1. The third kappa shape index (κ3) is 3.36. The van der Waals surface area contributed by atoms with Crippen LogP contribution >= 0.6 is 22.7 Å². The van der Waals surface area contributed by atoms with Crippen LogP contribution in [0.2, 0.25) is 0 Å². The SMILES string of the molecule is COC(=O)c1c(NC(=O)c2sc(C)nc2C)sc2c1CCN(C(C)=O)C2. The van der Waals surface area contributed by atoms with Crippen molar-refractivity contribution < 1.29 is 19.1 Å². The van der Waals surface area contributed by atoms with Gasteiger partial charge in [-0.2, -0.15) is 0 Å². The largest absolute Gasteiger partial charge is 0.465 e. The Morgan fingerprint density at radius 2 is 1.96 bits per heavy atom. The van der Waals surface area contributed by atoms with E-state index in [4.69, 9.17) is 4.74 Å². The number of hydrogen-bond acceptors (Lipinski definition) is 7.